The summed E-state index contributed by atoms with van der Waals surface area (Å²) in [5.74, 6) is -3.21. The summed E-state index contributed by atoms with van der Waals surface area (Å²) in [6.07, 6.45) is 2.05. The number of ketones is 1. The van der Waals surface area contributed by atoms with Crippen molar-refractivity contribution >= 4 is 5.78 Å². The monoisotopic (exact) mass is 237 g/mol. The zero-order valence-electron chi connectivity index (χ0n) is 8.45. The maximum Gasteiger partial charge on any atom is 0.197 e. The lowest BCUT2D eigenvalue weighted by atomic mass is 10.0. The number of rotatable bonds is 2. The molecule has 86 valence electrons. The second-order valence-corrected chi connectivity index (χ2v) is 3.35. The van der Waals surface area contributed by atoms with Gasteiger partial charge in [-0.3, -0.25) is 9.78 Å². The molecule has 0 unspecified atom stereocenters. The smallest absolute Gasteiger partial charge is 0.197 e. The van der Waals surface area contributed by atoms with Crippen molar-refractivity contribution < 1.29 is 18.0 Å². The largest absolute Gasteiger partial charge is 0.288 e. The van der Waals surface area contributed by atoms with Crippen LogP contribution in [0.3, 0.4) is 0 Å². The van der Waals surface area contributed by atoms with Crippen molar-refractivity contribution in [2.45, 2.75) is 0 Å². The van der Waals surface area contributed by atoms with Gasteiger partial charge in [-0.25, -0.2) is 13.2 Å². The molecule has 0 bridgehead atoms. The Labute approximate surface area is 94.7 Å². The maximum absolute atomic E-state index is 13.3. The fourth-order valence-electron chi connectivity index (χ4n) is 1.37. The van der Waals surface area contributed by atoms with Crippen LogP contribution in [0.2, 0.25) is 0 Å². The van der Waals surface area contributed by atoms with Crippen LogP contribution in [0.5, 0.6) is 0 Å². The third-order valence-electron chi connectivity index (χ3n) is 2.14. The van der Waals surface area contributed by atoms with Crippen molar-refractivity contribution in [3.8, 4) is 0 Å². The van der Waals surface area contributed by atoms with E-state index in [1.54, 1.807) is 0 Å². The van der Waals surface area contributed by atoms with Crippen LogP contribution in [0.25, 0.3) is 0 Å². The number of carbonyl (C=O) groups is 1. The van der Waals surface area contributed by atoms with E-state index in [-0.39, 0.29) is 11.1 Å². The zero-order chi connectivity index (χ0) is 12.4. The minimum absolute atomic E-state index is 0.0875. The highest BCUT2D eigenvalue weighted by Gasteiger charge is 2.15. The summed E-state index contributed by atoms with van der Waals surface area (Å²) in [6, 6.07) is 3.51. The van der Waals surface area contributed by atoms with Crippen LogP contribution >= 0.6 is 0 Å². The molecule has 0 N–H and O–H groups in total. The van der Waals surface area contributed by atoms with Gasteiger partial charge in [-0.2, -0.15) is 0 Å². The summed E-state index contributed by atoms with van der Waals surface area (Å²) in [4.78, 5) is 15.2. The number of halogens is 3. The topological polar surface area (TPSA) is 30.0 Å². The molecule has 0 aliphatic heterocycles. The molecule has 2 nitrogen and oxygen atoms in total. The zero-order valence-corrected chi connectivity index (χ0v) is 8.45. The number of aromatic nitrogens is 1. The fraction of sp³-hybridized carbons (Fsp3) is 0. The molecule has 1 aromatic carbocycles. The van der Waals surface area contributed by atoms with E-state index in [4.69, 9.17) is 0 Å². The first-order valence-electron chi connectivity index (χ1n) is 4.68. The number of benzene rings is 1. The Hall–Kier alpha value is -2.17. The molecular formula is C12H6F3NO. The number of pyridine rings is 1. The van der Waals surface area contributed by atoms with Gasteiger partial charge < -0.3 is 0 Å². The van der Waals surface area contributed by atoms with Crippen LogP contribution in [0.4, 0.5) is 13.2 Å². The van der Waals surface area contributed by atoms with Crippen LogP contribution in [0.15, 0.2) is 36.7 Å². The van der Waals surface area contributed by atoms with Crippen LogP contribution in [-0.2, 0) is 0 Å². The van der Waals surface area contributed by atoms with Gasteiger partial charge in [-0.05, 0) is 18.2 Å². The van der Waals surface area contributed by atoms with Gasteiger partial charge in [0.2, 0.25) is 0 Å². The molecule has 0 aliphatic carbocycles. The Bertz CT molecular complexity index is 584. The lowest BCUT2D eigenvalue weighted by Gasteiger charge is -2.02. The van der Waals surface area contributed by atoms with Crippen LogP contribution in [-0.4, -0.2) is 10.8 Å². The first-order valence-corrected chi connectivity index (χ1v) is 4.68. The molecule has 0 radical (unpaired) electrons. The van der Waals surface area contributed by atoms with Gasteiger partial charge in [0.25, 0.3) is 0 Å². The highest BCUT2D eigenvalue weighted by Crippen LogP contribution is 2.14. The second-order valence-electron chi connectivity index (χ2n) is 3.35. The quantitative estimate of drug-likeness (QED) is 0.751. The van der Waals surface area contributed by atoms with Gasteiger partial charge in [-0.15, -0.1) is 0 Å². The second kappa shape index (κ2) is 4.37. The third kappa shape index (κ3) is 2.33. The molecule has 17 heavy (non-hydrogen) atoms. The van der Waals surface area contributed by atoms with Gasteiger partial charge in [0, 0.05) is 17.8 Å². The van der Waals surface area contributed by atoms with Gasteiger partial charge in [0.05, 0.1) is 11.8 Å². The number of hydrogen-bond donors (Lipinski definition) is 0. The van der Waals surface area contributed by atoms with Gasteiger partial charge in [0.1, 0.15) is 17.5 Å². The Balaban J connectivity index is 2.44. The van der Waals surface area contributed by atoms with E-state index in [0.717, 1.165) is 30.6 Å². The van der Waals surface area contributed by atoms with E-state index in [2.05, 4.69) is 4.98 Å². The molecule has 0 atom stereocenters. The number of hydrogen-bond acceptors (Lipinski definition) is 2. The molecule has 0 saturated heterocycles. The maximum atomic E-state index is 13.3. The first kappa shape index (κ1) is 11.3. The highest BCUT2D eigenvalue weighted by atomic mass is 19.1. The van der Waals surface area contributed by atoms with E-state index in [1.165, 1.54) is 0 Å². The van der Waals surface area contributed by atoms with Crippen molar-refractivity contribution in [2.75, 3.05) is 0 Å². The Morgan fingerprint density at radius 3 is 2.41 bits per heavy atom. The molecule has 1 aromatic heterocycles. The molecule has 5 heteroatoms. The lowest BCUT2D eigenvalue weighted by Crippen LogP contribution is -2.05. The summed E-state index contributed by atoms with van der Waals surface area (Å²) < 4.78 is 38.8. The van der Waals surface area contributed by atoms with E-state index in [9.17, 15) is 18.0 Å². The standard InChI is InChI=1S/C12H6F3NO/c13-8-1-2-10(11(15)4-8)12(17)7-3-9(14)6-16-5-7/h1-6H. The third-order valence-corrected chi connectivity index (χ3v) is 2.14. The Morgan fingerprint density at radius 1 is 1.00 bits per heavy atom. The predicted molar refractivity (Wildman–Crippen MR) is 54.0 cm³/mol. The molecule has 0 saturated carbocycles. The Morgan fingerprint density at radius 2 is 1.76 bits per heavy atom. The summed E-state index contributed by atoms with van der Waals surface area (Å²) in [7, 11) is 0. The van der Waals surface area contributed by atoms with Gasteiger partial charge in [0.15, 0.2) is 5.78 Å². The van der Waals surface area contributed by atoms with Gasteiger partial charge >= 0.3 is 0 Å². The SMILES string of the molecule is O=C(c1cncc(F)c1)c1ccc(F)cc1F. The van der Waals surface area contributed by atoms with Crippen molar-refractivity contribution in [1.29, 1.82) is 0 Å². The summed E-state index contributed by atoms with van der Waals surface area (Å²) in [5, 5.41) is 0. The van der Waals surface area contributed by atoms with E-state index >= 15 is 0 Å². The normalized spacial score (nSPS) is 10.3. The number of carbonyl (C=O) groups excluding carboxylic acids is 1. The average molecular weight is 237 g/mol. The predicted octanol–water partition coefficient (Wildman–Crippen LogP) is 2.73. The molecule has 2 aromatic rings. The first-order chi connectivity index (χ1) is 8.08. The minimum Gasteiger partial charge on any atom is -0.288 e. The summed E-state index contributed by atoms with van der Waals surface area (Å²) in [6.45, 7) is 0. The molecule has 0 fully saturated rings. The molecule has 0 amide bonds. The van der Waals surface area contributed by atoms with Crippen LogP contribution in [0.1, 0.15) is 15.9 Å². The minimum atomic E-state index is -0.987. The van der Waals surface area contributed by atoms with Crippen molar-refractivity contribution in [2.24, 2.45) is 0 Å². The molecule has 1 heterocycles. The van der Waals surface area contributed by atoms with Crippen LogP contribution in [0, 0.1) is 17.5 Å². The van der Waals surface area contributed by atoms with Gasteiger partial charge in [-0.1, -0.05) is 0 Å². The van der Waals surface area contributed by atoms with Crippen molar-refractivity contribution in [3.05, 3.63) is 65.2 Å². The van der Waals surface area contributed by atoms with E-state index in [1.807, 2.05) is 0 Å². The number of nitrogens with zero attached hydrogens (tertiary/aromatic N) is 1. The molecular weight excluding hydrogens is 231 g/mol. The molecule has 0 spiro atoms. The average Bonchev–Trinajstić information content (AvgIpc) is 2.28. The van der Waals surface area contributed by atoms with E-state index < -0.39 is 23.2 Å². The fourth-order valence-corrected chi connectivity index (χ4v) is 1.37. The highest BCUT2D eigenvalue weighted by molar-refractivity contribution is 6.08. The lowest BCUT2D eigenvalue weighted by molar-refractivity contribution is 0.103. The summed E-state index contributed by atoms with van der Waals surface area (Å²) >= 11 is 0. The van der Waals surface area contributed by atoms with Crippen molar-refractivity contribution in [1.82, 2.24) is 4.98 Å². The molecule has 0 aliphatic rings. The van der Waals surface area contributed by atoms with E-state index in [0.29, 0.717) is 6.07 Å². The molecule has 2 rings (SSSR count). The summed E-state index contributed by atoms with van der Waals surface area (Å²) in [5.41, 5.74) is -0.408. The van der Waals surface area contributed by atoms with Crippen molar-refractivity contribution in [3.63, 3.8) is 0 Å². The Kier molecular flexibility index (Phi) is 2.91. The van der Waals surface area contributed by atoms with Crippen LogP contribution < -0.4 is 0 Å².